The number of nitrogens with zero attached hydrogens (tertiary/aromatic N) is 1. The van der Waals surface area contributed by atoms with Gasteiger partial charge in [-0.05, 0) is 0 Å². The molecule has 0 heterocycles. The van der Waals surface area contributed by atoms with Crippen molar-refractivity contribution >= 4 is 5.69 Å². The third kappa shape index (κ3) is 1.91. The second kappa shape index (κ2) is 3.93. The van der Waals surface area contributed by atoms with Gasteiger partial charge in [-0.15, -0.1) is 0 Å². The molecule has 1 aromatic rings. The average Bonchev–Trinajstić information content (AvgIpc) is 2.12. The van der Waals surface area contributed by atoms with Crippen LogP contribution in [0, 0.1) is 10.1 Å². The highest BCUT2D eigenvalue weighted by Crippen LogP contribution is 2.33. The minimum Gasteiger partial charge on any atom is -0.504 e. The van der Waals surface area contributed by atoms with Crippen LogP contribution in [0.5, 0.6) is 11.5 Å². The average molecular weight is 199 g/mol. The number of non-ortho nitro benzene ring substituents is 1. The maximum atomic E-state index is 10.4. The normalized spacial score (nSPS) is 10.1. The van der Waals surface area contributed by atoms with Gasteiger partial charge in [0.15, 0.2) is 11.5 Å². The fourth-order valence-electron chi connectivity index (χ4n) is 1.03. The van der Waals surface area contributed by atoms with E-state index in [2.05, 4.69) is 0 Å². The van der Waals surface area contributed by atoms with Crippen LogP contribution in [0.3, 0.4) is 0 Å². The summed E-state index contributed by atoms with van der Waals surface area (Å²) >= 11 is 0. The quantitative estimate of drug-likeness (QED) is 0.432. The van der Waals surface area contributed by atoms with Crippen LogP contribution in [0.15, 0.2) is 12.1 Å². The summed E-state index contributed by atoms with van der Waals surface area (Å²) in [4.78, 5) is 9.74. The summed E-state index contributed by atoms with van der Waals surface area (Å²) < 4.78 is 4.70. The monoisotopic (exact) mass is 199 g/mol. The lowest BCUT2D eigenvalue weighted by atomic mass is 10.1. The zero-order valence-electron chi connectivity index (χ0n) is 7.43. The minimum atomic E-state index is -0.654. The summed E-state index contributed by atoms with van der Waals surface area (Å²) in [5.41, 5.74) is -0.105. The van der Waals surface area contributed by atoms with Crippen molar-refractivity contribution in [1.82, 2.24) is 0 Å². The van der Waals surface area contributed by atoms with Gasteiger partial charge in [0.05, 0.1) is 17.6 Å². The van der Waals surface area contributed by atoms with E-state index in [1.807, 2.05) is 0 Å². The van der Waals surface area contributed by atoms with Gasteiger partial charge in [0, 0.05) is 18.7 Å². The Morgan fingerprint density at radius 1 is 1.50 bits per heavy atom. The van der Waals surface area contributed by atoms with E-state index in [1.54, 1.807) is 0 Å². The molecule has 0 atom stereocenters. The fourth-order valence-corrected chi connectivity index (χ4v) is 1.03. The van der Waals surface area contributed by atoms with Gasteiger partial charge in [-0.1, -0.05) is 0 Å². The second-order valence-electron chi connectivity index (χ2n) is 2.66. The van der Waals surface area contributed by atoms with Gasteiger partial charge in [-0.25, -0.2) is 0 Å². The Morgan fingerprint density at radius 3 is 2.64 bits per heavy atom. The third-order valence-electron chi connectivity index (χ3n) is 1.66. The lowest BCUT2D eigenvalue weighted by Crippen LogP contribution is -1.93. The van der Waals surface area contributed by atoms with E-state index >= 15 is 0 Å². The molecule has 6 nitrogen and oxygen atoms in total. The number of nitro groups is 1. The van der Waals surface area contributed by atoms with E-state index in [-0.39, 0.29) is 17.9 Å². The van der Waals surface area contributed by atoms with Crippen molar-refractivity contribution in [3.05, 3.63) is 27.8 Å². The van der Waals surface area contributed by atoms with E-state index in [4.69, 9.17) is 9.84 Å². The molecule has 0 spiro atoms. The van der Waals surface area contributed by atoms with Crippen LogP contribution in [0.4, 0.5) is 5.69 Å². The lowest BCUT2D eigenvalue weighted by Gasteiger charge is -2.04. The Bertz CT molecular complexity index is 363. The summed E-state index contributed by atoms with van der Waals surface area (Å²) in [7, 11) is 1.38. The Morgan fingerprint density at radius 2 is 2.14 bits per heavy atom. The van der Waals surface area contributed by atoms with Crippen molar-refractivity contribution in [3.8, 4) is 11.5 Å². The zero-order chi connectivity index (χ0) is 10.7. The maximum Gasteiger partial charge on any atom is 0.273 e. The summed E-state index contributed by atoms with van der Waals surface area (Å²) in [6.07, 6.45) is 0. The molecule has 1 aromatic carbocycles. The fraction of sp³-hybridized carbons (Fsp3) is 0.250. The van der Waals surface area contributed by atoms with Gasteiger partial charge in [0.1, 0.15) is 0 Å². The number of hydrogen-bond acceptors (Lipinski definition) is 5. The van der Waals surface area contributed by atoms with Crippen LogP contribution in [0.2, 0.25) is 0 Å². The third-order valence-corrected chi connectivity index (χ3v) is 1.66. The molecule has 0 aromatic heterocycles. The molecule has 0 aliphatic heterocycles. The van der Waals surface area contributed by atoms with E-state index in [9.17, 15) is 15.2 Å². The SMILES string of the molecule is COCc1cc([N+](=O)[O-])cc(O)c1O. The topological polar surface area (TPSA) is 92.8 Å². The second-order valence-corrected chi connectivity index (χ2v) is 2.66. The van der Waals surface area contributed by atoms with Crippen LogP contribution in [0.25, 0.3) is 0 Å². The number of rotatable bonds is 3. The highest BCUT2D eigenvalue weighted by atomic mass is 16.6. The van der Waals surface area contributed by atoms with Gasteiger partial charge >= 0.3 is 0 Å². The summed E-state index contributed by atoms with van der Waals surface area (Å²) in [5, 5.41) is 28.8. The molecule has 6 heteroatoms. The van der Waals surface area contributed by atoms with Crippen LogP contribution in [-0.2, 0) is 11.3 Å². The standard InChI is InChI=1S/C8H9NO5/c1-14-4-5-2-6(9(12)13)3-7(10)8(5)11/h2-3,10-11H,4H2,1H3. The molecule has 0 saturated carbocycles. The number of aromatic hydroxyl groups is 2. The number of nitro benzene ring substituents is 1. The van der Waals surface area contributed by atoms with Crippen molar-refractivity contribution in [2.45, 2.75) is 6.61 Å². The summed E-state index contributed by atoms with van der Waals surface area (Å²) in [5.74, 6) is -0.913. The van der Waals surface area contributed by atoms with Crippen molar-refractivity contribution in [1.29, 1.82) is 0 Å². The van der Waals surface area contributed by atoms with Crippen LogP contribution in [0.1, 0.15) is 5.56 Å². The van der Waals surface area contributed by atoms with Gasteiger partial charge in [0.2, 0.25) is 0 Å². The molecule has 76 valence electrons. The first-order valence-corrected chi connectivity index (χ1v) is 3.74. The molecule has 0 unspecified atom stereocenters. The van der Waals surface area contributed by atoms with Crippen molar-refractivity contribution < 1.29 is 19.9 Å². The number of ether oxygens (including phenoxy) is 1. The van der Waals surface area contributed by atoms with E-state index < -0.39 is 16.4 Å². The van der Waals surface area contributed by atoms with Gasteiger partial charge in [0.25, 0.3) is 5.69 Å². The predicted molar refractivity (Wildman–Crippen MR) is 47.1 cm³/mol. The molecular weight excluding hydrogens is 190 g/mol. The molecule has 2 N–H and O–H groups in total. The van der Waals surface area contributed by atoms with Gasteiger partial charge in [-0.2, -0.15) is 0 Å². The highest BCUT2D eigenvalue weighted by Gasteiger charge is 2.15. The number of phenolic OH excluding ortho intramolecular Hbond substituents is 2. The molecule has 0 fully saturated rings. The van der Waals surface area contributed by atoms with Crippen LogP contribution in [-0.4, -0.2) is 22.2 Å². The number of benzene rings is 1. The minimum absolute atomic E-state index is 0.00106. The predicted octanol–water partition coefficient (Wildman–Crippen LogP) is 1.15. The zero-order valence-corrected chi connectivity index (χ0v) is 7.43. The number of phenols is 2. The van der Waals surface area contributed by atoms with Gasteiger partial charge in [-0.3, -0.25) is 10.1 Å². The maximum absolute atomic E-state index is 10.4. The smallest absolute Gasteiger partial charge is 0.273 e. The molecule has 0 aliphatic carbocycles. The molecule has 0 bridgehead atoms. The molecule has 14 heavy (non-hydrogen) atoms. The first kappa shape index (κ1) is 10.3. The van der Waals surface area contributed by atoms with Gasteiger partial charge < -0.3 is 14.9 Å². The van der Waals surface area contributed by atoms with Crippen molar-refractivity contribution in [2.75, 3.05) is 7.11 Å². The van der Waals surface area contributed by atoms with E-state index in [0.717, 1.165) is 12.1 Å². The molecule has 0 radical (unpaired) electrons. The summed E-state index contributed by atoms with van der Waals surface area (Å²) in [6.45, 7) is 0.00106. The lowest BCUT2D eigenvalue weighted by molar-refractivity contribution is -0.385. The number of hydrogen-bond donors (Lipinski definition) is 2. The highest BCUT2D eigenvalue weighted by molar-refractivity contribution is 5.52. The largest absolute Gasteiger partial charge is 0.504 e. The molecule has 1 rings (SSSR count). The summed E-state index contributed by atoms with van der Waals surface area (Å²) in [6, 6.07) is 2.03. The molecule has 0 amide bonds. The Balaban J connectivity index is 3.20. The molecule has 0 aliphatic rings. The Hall–Kier alpha value is -1.82. The van der Waals surface area contributed by atoms with E-state index in [1.165, 1.54) is 7.11 Å². The molecular formula is C8H9NO5. The Kier molecular flexibility index (Phi) is 2.88. The number of methoxy groups -OCH3 is 1. The first-order valence-electron chi connectivity index (χ1n) is 3.74. The Labute approximate surface area is 79.5 Å². The van der Waals surface area contributed by atoms with Crippen LogP contribution >= 0.6 is 0 Å². The molecule has 0 saturated heterocycles. The van der Waals surface area contributed by atoms with E-state index in [0.29, 0.717) is 0 Å². The van der Waals surface area contributed by atoms with Crippen LogP contribution < -0.4 is 0 Å². The first-order chi connectivity index (χ1) is 6.56. The van der Waals surface area contributed by atoms with Crippen molar-refractivity contribution in [3.63, 3.8) is 0 Å². The van der Waals surface area contributed by atoms with Crippen molar-refractivity contribution in [2.24, 2.45) is 0 Å².